The maximum Gasteiger partial charge on any atom is 0.229 e. The van der Waals surface area contributed by atoms with Gasteiger partial charge in [-0.25, -0.2) is 4.98 Å². The van der Waals surface area contributed by atoms with Crippen LogP contribution in [0.25, 0.3) is 0 Å². The minimum absolute atomic E-state index is 0.599. The minimum atomic E-state index is 0.599. The van der Waals surface area contributed by atoms with Crippen LogP contribution in [-0.4, -0.2) is 16.5 Å². The van der Waals surface area contributed by atoms with Crippen molar-refractivity contribution in [2.75, 3.05) is 17.2 Å². The zero-order chi connectivity index (χ0) is 14.4. The van der Waals surface area contributed by atoms with Crippen LogP contribution in [0.1, 0.15) is 25.3 Å². The summed E-state index contributed by atoms with van der Waals surface area (Å²) < 4.78 is 1.07. The van der Waals surface area contributed by atoms with Gasteiger partial charge in [-0.3, -0.25) is 0 Å². The van der Waals surface area contributed by atoms with Crippen LogP contribution in [0.5, 0.6) is 0 Å². The molecule has 1 aromatic heterocycles. The molecule has 0 atom stereocenters. The van der Waals surface area contributed by atoms with Crippen molar-refractivity contribution in [2.45, 2.75) is 26.7 Å². The Morgan fingerprint density at radius 2 is 2.10 bits per heavy atom. The summed E-state index contributed by atoms with van der Waals surface area (Å²) in [6.07, 6.45) is 4.06. The molecule has 1 heterocycles. The van der Waals surface area contributed by atoms with Gasteiger partial charge in [0.15, 0.2) is 0 Å². The second-order valence-corrected chi connectivity index (χ2v) is 5.49. The fourth-order valence-electron chi connectivity index (χ4n) is 1.71. The molecule has 1 aromatic carbocycles. The molecule has 0 aliphatic heterocycles. The molecule has 0 spiro atoms. The van der Waals surface area contributed by atoms with E-state index in [1.807, 2.05) is 18.2 Å². The fourth-order valence-corrected chi connectivity index (χ4v) is 2.09. The molecule has 0 saturated heterocycles. The number of nitrogens with one attached hydrogen (secondary N) is 2. The van der Waals surface area contributed by atoms with E-state index < -0.39 is 0 Å². The summed E-state index contributed by atoms with van der Waals surface area (Å²) in [5.74, 6) is 1.45. The van der Waals surface area contributed by atoms with Crippen molar-refractivity contribution < 1.29 is 0 Å². The fraction of sp³-hybridized carbons (Fsp3) is 0.333. The second-order valence-electron chi connectivity index (χ2n) is 4.63. The van der Waals surface area contributed by atoms with Crippen LogP contribution in [-0.2, 0) is 0 Å². The molecule has 106 valence electrons. The van der Waals surface area contributed by atoms with E-state index >= 15 is 0 Å². The van der Waals surface area contributed by atoms with Crippen molar-refractivity contribution in [3.63, 3.8) is 0 Å². The van der Waals surface area contributed by atoms with Gasteiger partial charge in [0.2, 0.25) is 5.95 Å². The maximum atomic E-state index is 4.44. The Morgan fingerprint density at radius 1 is 1.25 bits per heavy atom. The quantitative estimate of drug-likeness (QED) is 0.763. The summed E-state index contributed by atoms with van der Waals surface area (Å²) in [6.45, 7) is 5.16. The zero-order valence-corrected chi connectivity index (χ0v) is 13.4. The predicted octanol–water partition coefficient (Wildman–Crippen LogP) is 4.50. The first-order valence-electron chi connectivity index (χ1n) is 6.79. The van der Waals surface area contributed by atoms with Crippen molar-refractivity contribution >= 4 is 33.4 Å². The van der Waals surface area contributed by atoms with E-state index in [1.165, 1.54) is 12.0 Å². The lowest BCUT2D eigenvalue weighted by atomic mass is 10.2. The zero-order valence-electron chi connectivity index (χ0n) is 11.8. The molecule has 5 heteroatoms. The molecule has 0 radical (unpaired) electrons. The van der Waals surface area contributed by atoms with Crippen LogP contribution in [0, 0.1) is 6.92 Å². The van der Waals surface area contributed by atoms with E-state index in [0.717, 1.165) is 28.9 Å². The summed E-state index contributed by atoms with van der Waals surface area (Å²) in [7, 11) is 0. The van der Waals surface area contributed by atoms with Crippen LogP contribution in [0.15, 0.2) is 34.9 Å². The molecular formula is C15H19BrN4. The Hall–Kier alpha value is -1.62. The Labute approximate surface area is 128 Å². The van der Waals surface area contributed by atoms with Gasteiger partial charge in [0, 0.05) is 22.9 Å². The third kappa shape index (κ3) is 4.20. The summed E-state index contributed by atoms with van der Waals surface area (Å²) in [5.41, 5.74) is 2.17. The number of aromatic nitrogens is 2. The molecule has 20 heavy (non-hydrogen) atoms. The van der Waals surface area contributed by atoms with Gasteiger partial charge in [0.25, 0.3) is 0 Å². The van der Waals surface area contributed by atoms with E-state index in [9.17, 15) is 0 Å². The van der Waals surface area contributed by atoms with Crippen molar-refractivity contribution in [1.82, 2.24) is 9.97 Å². The monoisotopic (exact) mass is 334 g/mol. The molecule has 0 fully saturated rings. The van der Waals surface area contributed by atoms with Crippen LogP contribution in [0.4, 0.5) is 17.5 Å². The van der Waals surface area contributed by atoms with Crippen LogP contribution < -0.4 is 10.6 Å². The molecule has 0 aliphatic carbocycles. The first-order valence-corrected chi connectivity index (χ1v) is 7.58. The molecular weight excluding hydrogens is 316 g/mol. The predicted molar refractivity (Wildman–Crippen MR) is 87.6 cm³/mol. The standard InChI is InChI=1S/C15H19BrN4/c1-3-4-8-17-14-7-9-18-15(20-14)19-12-6-5-11(2)13(16)10-12/h5-7,9-10H,3-4,8H2,1-2H3,(H2,17,18,19,20). The van der Waals surface area contributed by atoms with Crippen molar-refractivity contribution in [1.29, 1.82) is 0 Å². The summed E-state index contributed by atoms with van der Waals surface area (Å²) in [4.78, 5) is 8.68. The van der Waals surface area contributed by atoms with Crippen LogP contribution in [0.2, 0.25) is 0 Å². The molecule has 0 unspecified atom stereocenters. The highest BCUT2D eigenvalue weighted by atomic mass is 79.9. The average Bonchev–Trinajstić information content (AvgIpc) is 2.44. The second kappa shape index (κ2) is 7.24. The average molecular weight is 335 g/mol. The molecule has 4 nitrogen and oxygen atoms in total. The summed E-state index contributed by atoms with van der Waals surface area (Å²) >= 11 is 3.52. The Kier molecular flexibility index (Phi) is 5.35. The highest BCUT2D eigenvalue weighted by Gasteiger charge is 2.01. The Morgan fingerprint density at radius 3 is 2.85 bits per heavy atom. The molecule has 2 N–H and O–H groups in total. The topological polar surface area (TPSA) is 49.8 Å². The van der Waals surface area contributed by atoms with Gasteiger partial charge in [-0.2, -0.15) is 4.98 Å². The lowest BCUT2D eigenvalue weighted by Gasteiger charge is -2.09. The number of nitrogens with zero attached hydrogens (tertiary/aromatic N) is 2. The maximum absolute atomic E-state index is 4.44. The van der Waals surface area contributed by atoms with Gasteiger partial charge >= 0.3 is 0 Å². The van der Waals surface area contributed by atoms with Gasteiger partial charge in [-0.05, 0) is 37.1 Å². The van der Waals surface area contributed by atoms with Gasteiger partial charge in [0.05, 0.1) is 0 Å². The number of rotatable bonds is 6. The lowest BCUT2D eigenvalue weighted by molar-refractivity contribution is 0.830. The van der Waals surface area contributed by atoms with Crippen molar-refractivity contribution in [3.8, 4) is 0 Å². The number of hydrogen-bond donors (Lipinski definition) is 2. The van der Waals surface area contributed by atoms with Gasteiger partial charge in [0.1, 0.15) is 5.82 Å². The smallest absolute Gasteiger partial charge is 0.229 e. The number of anilines is 3. The number of benzene rings is 1. The van der Waals surface area contributed by atoms with Crippen LogP contribution in [0.3, 0.4) is 0 Å². The summed E-state index contributed by atoms with van der Waals surface area (Å²) in [5, 5.41) is 6.50. The van der Waals surface area contributed by atoms with Crippen molar-refractivity contribution in [3.05, 3.63) is 40.5 Å². The third-order valence-corrected chi connectivity index (χ3v) is 3.77. The van der Waals surface area contributed by atoms with Crippen LogP contribution >= 0.6 is 15.9 Å². The minimum Gasteiger partial charge on any atom is -0.370 e. The lowest BCUT2D eigenvalue weighted by Crippen LogP contribution is -2.05. The first kappa shape index (κ1) is 14.8. The molecule has 0 amide bonds. The normalized spacial score (nSPS) is 10.3. The highest BCUT2D eigenvalue weighted by Crippen LogP contribution is 2.22. The van der Waals surface area contributed by atoms with E-state index in [-0.39, 0.29) is 0 Å². The third-order valence-electron chi connectivity index (χ3n) is 2.92. The first-order chi connectivity index (χ1) is 9.69. The summed E-state index contributed by atoms with van der Waals surface area (Å²) in [6, 6.07) is 7.97. The molecule has 0 saturated carbocycles. The van der Waals surface area contributed by atoms with Gasteiger partial charge in [-0.15, -0.1) is 0 Å². The Balaban J connectivity index is 2.05. The number of halogens is 1. The SMILES string of the molecule is CCCCNc1ccnc(Nc2ccc(C)c(Br)c2)n1. The molecule has 2 aromatic rings. The van der Waals surface area contributed by atoms with Gasteiger partial charge in [-0.1, -0.05) is 35.3 Å². The number of unbranched alkanes of at least 4 members (excludes halogenated alkanes) is 1. The van der Waals surface area contributed by atoms with E-state index in [2.05, 4.69) is 56.4 Å². The molecule has 0 aliphatic rings. The Bertz CT molecular complexity index is 572. The highest BCUT2D eigenvalue weighted by molar-refractivity contribution is 9.10. The van der Waals surface area contributed by atoms with Gasteiger partial charge < -0.3 is 10.6 Å². The number of hydrogen-bond acceptors (Lipinski definition) is 4. The molecule has 2 rings (SSSR count). The van der Waals surface area contributed by atoms with E-state index in [1.54, 1.807) is 6.20 Å². The molecule has 0 bridgehead atoms. The van der Waals surface area contributed by atoms with Crippen molar-refractivity contribution in [2.24, 2.45) is 0 Å². The largest absolute Gasteiger partial charge is 0.370 e. The number of aryl methyl sites for hydroxylation is 1. The van der Waals surface area contributed by atoms with E-state index in [4.69, 9.17) is 0 Å². The van der Waals surface area contributed by atoms with E-state index in [0.29, 0.717) is 5.95 Å².